The molecule has 0 aliphatic carbocycles. The fraction of sp³-hybridized carbons (Fsp3) is 0.647. The van der Waals surface area contributed by atoms with Crippen molar-refractivity contribution in [3.63, 3.8) is 0 Å². The highest BCUT2D eigenvalue weighted by molar-refractivity contribution is 5.33. The van der Waals surface area contributed by atoms with E-state index in [2.05, 4.69) is 13.8 Å². The number of piperidine rings is 1. The summed E-state index contributed by atoms with van der Waals surface area (Å²) in [5.41, 5.74) is -2.39. The molecule has 24 heavy (non-hydrogen) atoms. The first-order chi connectivity index (χ1) is 10.8. The second kappa shape index (κ2) is 6.24. The maximum absolute atomic E-state index is 13.0. The smallest absolute Gasteiger partial charge is 0.322 e. The van der Waals surface area contributed by atoms with E-state index in [-0.39, 0.29) is 18.2 Å². The molecule has 0 saturated carbocycles. The Balaban J connectivity index is 2.36. The largest absolute Gasteiger partial charge is 0.416 e. The Morgan fingerprint density at radius 2 is 1.42 bits per heavy atom. The Morgan fingerprint density at radius 1 is 0.917 bits per heavy atom. The lowest BCUT2D eigenvalue weighted by molar-refractivity contribution is -0.931. The number of likely N-dealkylation sites (tertiary alicyclic amines) is 1. The highest BCUT2D eigenvalue weighted by Crippen LogP contribution is 2.37. The Hall–Kier alpha value is -1.24. The predicted molar refractivity (Wildman–Crippen MR) is 79.0 cm³/mol. The van der Waals surface area contributed by atoms with Crippen molar-refractivity contribution in [2.45, 2.75) is 39.2 Å². The molecule has 7 heteroatoms. The van der Waals surface area contributed by atoms with E-state index >= 15 is 0 Å². The van der Waals surface area contributed by atoms with Crippen LogP contribution < -0.4 is 0 Å². The van der Waals surface area contributed by atoms with E-state index in [1.807, 2.05) is 7.05 Å². The molecule has 1 saturated heterocycles. The van der Waals surface area contributed by atoms with E-state index in [4.69, 9.17) is 0 Å². The van der Waals surface area contributed by atoms with Crippen LogP contribution in [0.2, 0.25) is 0 Å². The standard InChI is InChI=1S/C17H22F6N/c1-11-4-5-24(3,9-12(11)2)10-13-6-14(16(18,19)20)8-15(7-13)17(21,22)23/h6-8,11-12H,4-5,9-10H2,1-3H3/q+1. The molecule has 136 valence electrons. The Bertz CT molecular complexity index is 559. The number of hydrogen-bond acceptors (Lipinski definition) is 0. The predicted octanol–water partition coefficient (Wildman–Crippen LogP) is 5.35. The third kappa shape index (κ3) is 4.43. The zero-order valence-corrected chi connectivity index (χ0v) is 13.9. The van der Waals surface area contributed by atoms with Crippen LogP contribution in [0.25, 0.3) is 0 Å². The highest BCUT2D eigenvalue weighted by Gasteiger charge is 2.38. The molecular weight excluding hydrogens is 332 g/mol. The summed E-state index contributed by atoms with van der Waals surface area (Å²) in [6, 6.07) is 1.88. The monoisotopic (exact) mass is 354 g/mol. The number of rotatable bonds is 2. The molecule has 1 aliphatic heterocycles. The van der Waals surface area contributed by atoms with Gasteiger partial charge in [0.15, 0.2) is 0 Å². The van der Waals surface area contributed by atoms with Crippen molar-refractivity contribution < 1.29 is 30.8 Å². The molecule has 0 aromatic heterocycles. The van der Waals surface area contributed by atoms with Gasteiger partial charge < -0.3 is 4.48 Å². The summed E-state index contributed by atoms with van der Waals surface area (Å²) in [6.45, 7) is 5.87. The van der Waals surface area contributed by atoms with Crippen LogP contribution in [-0.4, -0.2) is 24.6 Å². The van der Waals surface area contributed by atoms with E-state index in [1.165, 1.54) is 0 Å². The Morgan fingerprint density at radius 3 is 1.83 bits per heavy atom. The molecule has 0 radical (unpaired) electrons. The van der Waals surface area contributed by atoms with Crippen LogP contribution >= 0.6 is 0 Å². The van der Waals surface area contributed by atoms with E-state index in [9.17, 15) is 26.3 Å². The average molecular weight is 354 g/mol. The maximum Gasteiger partial charge on any atom is 0.416 e. The van der Waals surface area contributed by atoms with Crippen molar-refractivity contribution in [2.75, 3.05) is 20.1 Å². The second-order valence-corrected chi connectivity index (χ2v) is 7.34. The molecule has 0 amide bonds. The average Bonchev–Trinajstić information content (AvgIpc) is 2.41. The minimum absolute atomic E-state index is 0.0846. The zero-order valence-electron chi connectivity index (χ0n) is 13.9. The fourth-order valence-corrected chi connectivity index (χ4v) is 3.46. The van der Waals surface area contributed by atoms with Gasteiger partial charge >= 0.3 is 12.4 Å². The molecule has 2 rings (SSSR count). The summed E-state index contributed by atoms with van der Waals surface area (Å²) in [7, 11) is 1.90. The molecule has 1 aromatic rings. The van der Waals surface area contributed by atoms with Crippen molar-refractivity contribution in [3.05, 3.63) is 34.9 Å². The summed E-state index contributed by atoms with van der Waals surface area (Å²) in [5, 5.41) is 0. The highest BCUT2D eigenvalue weighted by atomic mass is 19.4. The van der Waals surface area contributed by atoms with Crippen molar-refractivity contribution in [2.24, 2.45) is 11.8 Å². The third-order valence-electron chi connectivity index (χ3n) is 5.04. The molecule has 0 spiro atoms. The van der Waals surface area contributed by atoms with Gasteiger partial charge in [0.25, 0.3) is 0 Å². The van der Waals surface area contributed by atoms with Crippen molar-refractivity contribution in [1.82, 2.24) is 0 Å². The van der Waals surface area contributed by atoms with Gasteiger partial charge in [-0.1, -0.05) is 13.8 Å². The topological polar surface area (TPSA) is 0 Å². The first-order valence-electron chi connectivity index (χ1n) is 7.92. The van der Waals surface area contributed by atoms with Crippen LogP contribution in [0.15, 0.2) is 18.2 Å². The van der Waals surface area contributed by atoms with Gasteiger partial charge in [-0.3, -0.25) is 0 Å². The normalized spacial score (nSPS) is 28.9. The van der Waals surface area contributed by atoms with Gasteiger partial charge in [0.05, 0.1) is 31.3 Å². The van der Waals surface area contributed by atoms with Gasteiger partial charge in [-0.15, -0.1) is 0 Å². The fourth-order valence-electron chi connectivity index (χ4n) is 3.46. The lowest BCUT2D eigenvalue weighted by atomic mass is 9.87. The quantitative estimate of drug-likeness (QED) is 0.496. The first-order valence-corrected chi connectivity index (χ1v) is 7.92. The molecule has 1 nitrogen and oxygen atoms in total. The van der Waals surface area contributed by atoms with Gasteiger partial charge in [-0.05, 0) is 30.5 Å². The number of halogens is 6. The van der Waals surface area contributed by atoms with Crippen molar-refractivity contribution in [1.29, 1.82) is 0 Å². The van der Waals surface area contributed by atoms with Gasteiger partial charge in [0.2, 0.25) is 0 Å². The van der Waals surface area contributed by atoms with Crippen LogP contribution in [0.1, 0.15) is 37.0 Å². The van der Waals surface area contributed by atoms with Crippen molar-refractivity contribution in [3.8, 4) is 0 Å². The molecule has 1 fully saturated rings. The van der Waals surface area contributed by atoms with E-state index in [1.54, 1.807) is 0 Å². The number of quaternary nitrogens is 1. The third-order valence-corrected chi connectivity index (χ3v) is 5.04. The van der Waals surface area contributed by atoms with Gasteiger partial charge in [-0.25, -0.2) is 0 Å². The molecular formula is C17H22F6N+. The van der Waals surface area contributed by atoms with Crippen LogP contribution in [0, 0.1) is 11.8 Å². The molecule has 0 N–H and O–H groups in total. The summed E-state index contributed by atoms with van der Waals surface area (Å²) in [6.07, 6.45) is -8.67. The van der Waals surface area contributed by atoms with E-state index in [0.29, 0.717) is 16.3 Å². The lowest BCUT2D eigenvalue weighted by Gasteiger charge is -2.43. The summed E-state index contributed by atoms with van der Waals surface area (Å²) < 4.78 is 78.2. The molecule has 3 atom stereocenters. The SMILES string of the molecule is CC1CC[N+](C)(Cc2cc(C(F)(F)F)cc(C(F)(F)F)c2)CC1C. The number of nitrogens with zero attached hydrogens (tertiary/aromatic N) is 1. The molecule has 3 unspecified atom stereocenters. The Labute approximate surface area is 137 Å². The Kier molecular flexibility index (Phi) is 4.97. The number of benzene rings is 1. The maximum atomic E-state index is 13.0. The zero-order chi connectivity index (χ0) is 18.3. The summed E-state index contributed by atoms with van der Waals surface area (Å²) >= 11 is 0. The number of alkyl halides is 6. The lowest BCUT2D eigenvalue weighted by Crippen LogP contribution is -2.51. The van der Waals surface area contributed by atoms with Crippen LogP contribution in [0.5, 0.6) is 0 Å². The summed E-state index contributed by atoms with van der Waals surface area (Å²) in [5.74, 6) is 0.903. The van der Waals surface area contributed by atoms with Crippen LogP contribution in [0.3, 0.4) is 0 Å². The first kappa shape index (κ1) is 19.1. The molecule has 1 aromatic carbocycles. The minimum Gasteiger partial charge on any atom is -0.322 e. The van der Waals surface area contributed by atoms with Gasteiger partial charge in [0, 0.05) is 11.5 Å². The van der Waals surface area contributed by atoms with Crippen LogP contribution in [-0.2, 0) is 18.9 Å². The van der Waals surface area contributed by atoms with Crippen molar-refractivity contribution >= 4 is 0 Å². The number of hydrogen-bond donors (Lipinski definition) is 0. The molecule has 1 aliphatic rings. The minimum atomic E-state index is -4.79. The van der Waals surface area contributed by atoms with E-state index in [0.717, 1.165) is 31.6 Å². The van der Waals surface area contributed by atoms with E-state index < -0.39 is 23.5 Å². The molecule has 0 bridgehead atoms. The molecule has 1 heterocycles. The summed E-state index contributed by atoms with van der Waals surface area (Å²) in [4.78, 5) is 0. The van der Waals surface area contributed by atoms with Gasteiger partial charge in [0.1, 0.15) is 6.54 Å². The van der Waals surface area contributed by atoms with Gasteiger partial charge in [-0.2, -0.15) is 26.3 Å². The second-order valence-electron chi connectivity index (χ2n) is 7.34. The van der Waals surface area contributed by atoms with Crippen LogP contribution in [0.4, 0.5) is 26.3 Å².